The van der Waals surface area contributed by atoms with Crippen molar-refractivity contribution in [1.82, 2.24) is 0 Å². The van der Waals surface area contributed by atoms with E-state index in [9.17, 15) is 4.79 Å². The Labute approximate surface area is 132 Å². The van der Waals surface area contributed by atoms with Gasteiger partial charge in [-0.2, -0.15) is 5.26 Å². The molecule has 0 aliphatic rings. The molecule has 0 atom stereocenters. The van der Waals surface area contributed by atoms with E-state index in [0.29, 0.717) is 27.0 Å². The molecule has 1 N–H and O–H groups in total. The minimum absolute atomic E-state index is 0.393. The molecule has 2 aromatic carbocycles. The average Bonchev–Trinajstić information content (AvgIpc) is 2.45. The molecule has 2 aromatic rings. The maximum absolute atomic E-state index is 12.2. The van der Waals surface area contributed by atoms with E-state index in [-0.39, 0.29) is 0 Å². The molecule has 0 aliphatic carbocycles. The number of amides is 2. The lowest BCUT2D eigenvalue weighted by atomic mass is 10.2. The second kappa shape index (κ2) is 6.49. The van der Waals surface area contributed by atoms with Gasteiger partial charge < -0.3 is 5.32 Å². The Balaban J connectivity index is 2.22. The smallest absolute Gasteiger partial charge is 0.307 e. The van der Waals surface area contributed by atoms with E-state index < -0.39 is 6.03 Å². The fourth-order valence-corrected chi connectivity index (χ4v) is 2.33. The van der Waals surface area contributed by atoms with Crippen molar-refractivity contribution in [2.24, 2.45) is 0 Å². The number of urea groups is 1. The van der Waals surface area contributed by atoms with Gasteiger partial charge in [0.1, 0.15) is 6.07 Å². The lowest BCUT2D eigenvalue weighted by Crippen LogP contribution is -2.31. The van der Waals surface area contributed by atoms with Crippen molar-refractivity contribution in [3.05, 3.63) is 58.1 Å². The van der Waals surface area contributed by atoms with Crippen LogP contribution in [0.1, 0.15) is 5.56 Å². The highest BCUT2D eigenvalue weighted by molar-refractivity contribution is 6.35. The molecule has 0 saturated heterocycles. The first kappa shape index (κ1) is 15.2. The highest BCUT2D eigenvalue weighted by atomic mass is 35.5. The van der Waals surface area contributed by atoms with E-state index in [4.69, 9.17) is 28.5 Å². The first-order chi connectivity index (χ1) is 10.0. The Bertz CT molecular complexity index is 705. The predicted octanol–water partition coefficient (Wildman–Crippen LogP) is 4.53. The fourth-order valence-electron chi connectivity index (χ4n) is 1.80. The summed E-state index contributed by atoms with van der Waals surface area (Å²) < 4.78 is 0. The van der Waals surface area contributed by atoms with Crippen LogP contribution in [-0.2, 0) is 0 Å². The topological polar surface area (TPSA) is 56.1 Å². The zero-order chi connectivity index (χ0) is 15.4. The molecule has 4 nitrogen and oxygen atoms in total. The van der Waals surface area contributed by atoms with Gasteiger partial charge in [-0.3, -0.25) is 4.90 Å². The number of anilines is 2. The molecule has 0 aliphatic heterocycles. The van der Waals surface area contributed by atoms with Crippen LogP contribution in [0.25, 0.3) is 0 Å². The van der Waals surface area contributed by atoms with Crippen LogP contribution in [0, 0.1) is 11.3 Å². The number of nitrogens with zero attached hydrogens (tertiary/aromatic N) is 2. The Kier molecular flexibility index (Phi) is 4.69. The summed E-state index contributed by atoms with van der Waals surface area (Å²) in [6.07, 6.45) is 0. The summed E-state index contributed by atoms with van der Waals surface area (Å²) in [6, 6.07) is 13.3. The molecular weight excluding hydrogens is 309 g/mol. The summed E-state index contributed by atoms with van der Waals surface area (Å²) in [5, 5.41) is 12.6. The third kappa shape index (κ3) is 3.66. The monoisotopic (exact) mass is 319 g/mol. The summed E-state index contributed by atoms with van der Waals surface area (Å²) in [4.78, 5) is 13.6. The van der Waals surface area contributed by atoms with Gasteiger partial charge >= 0.3 is 6.03 Å². The Morgan fingerprint density at radius 2 is 1.81 bits per heavy atom. The van der Waals surface area contributed by atoms with E-state index in [1.54, 1.807) is 49.5 Å². The van der Waals surface area contributed by atoms with Gasteiger partial charge in [-0.25, -0.2) is 4.79 Å². The van der Waals surface area contributed by atoms with Crippen LogP contribution in [0.15, 0.2) is 42.5 Å². The number of para-hydroxylation sites is 1. The average molecular weight is 320 g/mol. The number of rotatable bonds is 2. The molecule has 0 saturated carbocycles. The van der Waals surface area contributed by atoms with Gasteiger partial charge in [0.15, 0.2) is 0 Å². The lowest BCUT2D eigenvalue weighted by molar-refractivity contribution is 0.258. The molecule has 21 heavy (non-hydrogen) atoms. The first-order valence-electron chi connectivity index (χ1n) is 6.01. The van der Waals surface area contributed by atoms with Crippen LogP contribution in [0.4, 0.5) is 16.2 Å². The molecule has 6 heteroatoms. The van der Waals surface area contributed by atoms with Crippen LogP contribution < -0.4 is 10.2 Å². The van der Waals surface area contributed by atoms with Crippen molar-refractivity contribution in [2.75, 3.05) is 17.3 Å². The number of halogens is 2. The van der Waals surface area contributed by atoms with Crippen LogP contribution in [0.2, 0.25) is 10.0 Å². The summed E-state index contributed by atoms with van der Waals surface area (Å²) >= 11 is 11.8. The van der Waals surface area contributed by atoms with Gasteiger partial charge in [-0.1, -0.05) is 35.3 Å². The predicted molar refractivity (Wildman–Crippen MR) is 85.0 cm³/mol. The highest BCUT2D eigenvalue weighted by Gasteiger charge is 2.14. The number of hydrogen-bond donors (Lipinski definition) is 1. The standard InChI is InChI=1S/C15H11Cl2N3O/c1-20(14-5-3-2-4-10(14)9-18)15(21)19-13-7-11(16)6-12(17)8-13/h2-8H,1H3,(H,19,21). The quantitative estimate of drug-likeness (QED) is 0.883. The normalized spacial score (nSPS) is 9.81. The van der Waals surface area contributed by atoms with Crippen molar-refractivity contribution >= 4 is 40.6 Å². The minimum Gasteiger partial charge on any atom is -0.307 e. The summed E-state index contributed by atoms with van der Waals surface area (Å²) in [7, 11) is 1.58. The Morgan fingerprint density at radius 3 is 2.43 bits per heavy atom. The summed E-state index contributed by atoms with van der Waals surface area (Å²) in [5.74, 6) is 0. The van der Waals surface area contributed by atoms with Gasteiger partial charge in [-0.15, -0.1) is 0 Å². The molecule has 0 fully saturated rings. The maximum atomic E-state index is 12.2. The van der Waals surface area contributed by atoms with E-state index in [1.165, 1.54) is 4.90 Å². The van der Waals surface area contributed by atoms with Crippen LogP contribution in [0.3, 0.4) is 0 Å². The number of carbonyl (C=O) groups is 1. The summed E-state index contributed by atoms with van der Waals surface area (Å²) in [6.45, 7) is 0. The van der Waals surface area contributed by atoms with Crippen molar-refractivity contribution in [3.8, 4) is 6.07 Å². The molecule has 0 spiro atoms. The SMILES string of the molecule is CN(C(=O)Nc1cc(Cl)cc(Cl)c1)c1ccccc1C#N. The third-order valence-electron chi connectivity index (χ3n) is 2.80. The fraction of sp³-hybridized carbons (Fsp3) is 0.0667. The van der Waals surface area contributed by atoms with Crippen LogP contribution in [-0.4, -0.2) is 13.1 Å². The van der Waals surface area contributed by atoms with Gasteiger partial charge in [0.2, 0.25) is 0 Å². The highest BCUT2D eigenvalue weighted by Crippen LogP contribution is 2.24. The molecule has 0 bridgehead atoms. The molecule has 0 aromatic heterocycles. The molecule has 0 radical (unpaired) electrons. The molecular formula is C15H11Cl2N3O. The number of benzene rings is 2. The summed E-state index contributed by atoms with van der Waals surface area (Å²) in [5.41, 5.74) is 1.42. The molecule has 0 heterocycles. The third-order valence-corrected chi connectivity index (χ3v) is 3.24. The number of nitrogens with one attached hydrogen (secondary N) is 1. The Morgan fingerprint density at radius 1 is 1.19 bits per heavy atom. The zero-order valence-corrected chi connectivity index (χ0v) is 12.6. The second-order valence-electron chi connectivity index (χ2n) is 4.28. The largest absolute Gasteiger partial charge is 0.326 e. The lowest BCUT2D eigenvalue weighted by Gasteiger charge is -2.19. The van der Waals surface area contributed by atoms with Gasteiger partial charge in [0, 0.05) is 22.8 Å². The van der Waals surface area contributed by atoms with E-state index in [2.05, 4.69) is 5.32 Å². The van der Waals surface area contributed by atoms with E-state index in [0.717, 1.165) is 0 Å². The first-order valence-corrected chi connectivity index (χ1v) is 6.77. The minimum atomic E-state index is -0.393. The molecule has 106 valence electrons. The maximum Gasteiger partial charge on any atom is 0.326 e. The van der Waals surface area contributed by atoms with Crippen molar-refractivity contribution in [3.63, 3.8) is 0 Å². The van der Waals surface area contributed by atoms with E-state index >= 15 is 0 Å². The van der Waals surface area contributed by atoms with Crippen molar-refractivity contribution in [1.29, 1.82) is 5.26 Å². The number of hydrogen-bond acceptors (Lipinski definition) is 2. The van der Waals surface area contributed by atoms with Crippen LogP contribution >= 0.6 is 23.2 Å². The Hall–Kier alpha value is -2.22. The number of carbonyl (C=O) groups excluding carboxylic acids is 1. The number of nitriles is 1. The van der Waals surface area contributed by atoms with Gasteiger partial charge in [0.05, 0.1) is 11.3 Å². The molecule has 2 amide bonds. The molecule has 0 unspecified atom stereocenters. The van der Waals surface area contributed by atoms with Gasteiger partial charge in [-0.05, 0) is 30.3 Å². The van der Waals surface area contributed by atoms with Crippen molar-refractivity contribution < 1.29 is 4.79 Å². The second-order valence-corrected chi connectivity index (χ2v) is 5.15. The van der Waals surface area contributed by atoms with E-state index in [1.807, 2.05) is 6.07 Å². The van der Waals surface area contributed by atoms with Crippen LogP contribution in [0.5, 0.6) is 0 Å². The van der Waals surface area contributed by atoms with Gasteiger partial charge in [0.25, 0.3) is 0 Å². The molecule has 2 rings (SSSR count). The zero-order valence-electron chi connectivity index (χ0n) is 11.1. The van der Waals surface area contributed by atoms with Crippen molar-refractivity contribution in [2.45, 2.75) is 0 Å².